The van der Waals surface area contributed by atoms with Gasteiger partial charge in [-0.3, -0.25) is 9.48 Å². The molecule has 3 rings (SSSR count). The summed E-state index contributed by atoms with van der Waals surface area (Å²) in [5, 5.41) is 4.44. The van der Waals surface area contributed by atoms with Crippen LogP contribution in [-0.4, -0.2) is 43.2 Å². The molecule has 7 heteroatoms. The molecule has 3 heterocycles. The van der Waals surface area contributed by atoms with Crippen LogP contribution in [0.15, 0.2) is 24.9 Å². The number of nitrogens with zero attached hydrogens (tertiary/aromatic N) is 5. The van der Waals surface area contributed by atoms with Gasteiger partial charge in [0.05, 0.1) is 17.5 Å². The minimum atomic E-state index is -0.0268. The van der Waals surface area contributed by atoms with E-state index in [1.165, 1.54) is 6.20 Å². The van der Waals surface area contributed by atoms with Crippen molar-refractivity contribution in [2.24, 2.45) is 13.0 Å². The van der Waals surface area contributed by atoms with E-state index in [2.05, 4.69) is 14.6 Å². The van der Waals surface area contributed by atoms with Crippen molar-refractivity contribution >= 4 is 17.5 Å². The highest BCUT2D eigenvalue weighted by Crippen LogP contribution is 2.23. The third-order valence-electron chi connectivity index (χ3n) is 4.03. The molecule has 0 unspecified atom stereocenters. The van der Waals surface area contributed by atoms with Gasteiger partial charge in [0.1, 0.15) is 5.69 Å². The van der Waals surface area contributed by atoms with E-state index in [1.54, 1.807) is 17.9 Å². The van der Waals surface area contributed by atoms with E-state index in [9.17, 15) is 4.79 Å². The molecule has 112 valence electrons. The zero-order valence-corrected chi connectivity index (χ0v) is 12.7. The van der Waals surface area contributed by atoms with Crippen molar-refractivity contribution in [2.45, 2.75) is 19.4 Å². The molecule has 0 atom stereocenters. The third kappa shape index (κ3) is 2.95. The van der Waals surface area contributed by atoms with Gasteiger partial charge in [-0.25, -0.2) is 4.98 Å². The Morgan fingerprint density at radius 2 is 2.19 bits per heavy atom. The summed E-state index contributed by atoms with van der Waals surface area (Å²) in [6, 6.07) is 0. The Morgan fingerprint density at radius 3 is 2.76 bits per heavy atom. The van der Waals surface area contributed by atoms with Gasteiger partial charge in [-0.15, -0.1) is 0 Å². The Balaban J connectivity index is 1.59. The summed E-state index contributed by atoms with van der Waals surface area (Å²) in [6.07, 6.45) is 9.13. The SMILES string of the molecule is Cn1ncc(Cl)c1C(=O)N1CCC(Cn2ccnc2)CC1. The molecular weight excluding hydrogens is 290 g/mol. The lowest BCUT2D eigenvalue weighted by Crippen LogP contribution is -2.40. The minimum Gasteiger partial charge on any atom is -0.337 e. The zero-order valence-electron chi connectivity index (χ0n) is 11.9. The molecular formula is C14H18ClN5O. The first-order valence-electron chi connectivity index (χ1n) is 7.07. The lowest BCUT2D eigenvalue weighted by molar-refractivity contribution is 0.0672. The number of aromatic nitrogens is 4. The van der Waals surface area contributed by atoms with Gasteiger partial charge in [-0.2, -0.15) is 5.10 Å². The molecule has 0 saturated carbocycles. The lowest BCUT2D eigenvalue weighted by atomic mass is 9.96. The van der Waals surface area contributed by atoms with E-state index in [1.807, 2.05) is 17.4 Å². The topological polar surface area (TPSA) is 56.0 Å². The van der Waals surface area contributed by atoms with Crippen LogP contribution in [0.25, 0.3) is 0 Å². The second-order valence-electron chi connectivity index (χ2n) is 5.46. The standard InChI is InChI=1S/C14H18ClN5O/c1-18-13(12(15)8-17-18)14(21)20-5-2-11(3-6-20)9-19-7-4-16-10-19/h4,7-8,10-11H,2-3,5-6,9H2,1H3. The number of aryl methyl sites for hydroxylation is 1. The van der Waals surface area contributed by atoms with Gasteiger partial charge in [-0.1, -0.05) is 11.6 Å². The van der Waals surface area contributed by atoms with Gasteiger partial charge in [-0.05, 0) is 18.8 Å². The van der Waals surface area contributed by atoms with Crippen molar-refractivity contribution in [3.8, 4) is 0 Å². The molecule has 2 aromatic rings. The number of rotatable bonds is 3. The summed E-state index contributed by atoms with van der Waals surface area (Å²) < 4.78 is 3.64. The van der Waals surface area contributed by atoms with E-state index >= 15 is 0 Å². The van der Waals surface area contributed by atoms with Gasteiger partial charge >= 0.3 is 0 Å². The van der Waals surface area contributed by atoms with Gasteiger partial charge < -0.3 is 9.47 Å². The molecule has 1 amide bonds. The van der Waals surface area contributed by atoms with E-state index in [4.69, 9.17) is 11.6 Å². The summed E-state index contributed by atoms with van der Waals surface area (Å²) in [7, 11) is 1.74. The van der Waals surface area contributed by atoms with Crippen LogP contribution in [0.4, 0.5) is 0 Å². The molecule has 0 N–H and O–H groups in total. The summed E-state index contributed by atoms with van der Waals surface area (Å²) in [4.78, 5) is 18.4. The molecule has 1 fully saturated rings. The van der Waals surface area contributed by atoms with Crippen molar-refractivity contribution in [3.63, 3.8) is 0 Å². The predicted molar refractivity (Wildman–Crippen MR) is 79.1 cm³/mol. The van der Waals surface area contributed by atoms with Gasteiger partial charge in [0.25, 0.3) is 5.91 Å². The monoisotopic (exact) mass is 307 g/mol. The van der Waals surface area contributed by atoms with E-state index in [0.717, 1.165) is 32.5 Å². The number of hydrogen-bond donors (Lipinski definition) is 0. The lowest BCUT2D eigenvalue weighted by Gasteiger charge is -2.32. The van der Waals surface area contributed by atoms with Crippen molar-refractivity contribution in [2.75, 3.05) is 13.1 Å². The van der Waals surface area contributed by atoms with Crippen LogP contribution < -0.4 is 0 Å². The fourth-order valence-electron chi connectivity index (χ4n) is 2.81. The molecule has 6 nitrogen and oxygen atoms in total. The number of likely N-dealkylation sites (tertiary alicyclic amines) is 1. The minimum absolute atomic E-state index is 0.0268. The number of carbonyl (C=O) groups excluding carboxylic acids is 1. The van der Waals surface area contributed by atoms with E-state index in [0.29, 0.717) is 16.6 Å². The van der Waals surface area contributed by atoms with Crippen molar-refractivity contribution < 1.29 is 4.79 Å². The summed E-state index contributed by atoms with van der Waals surface area (Å²) in [5.41, 5.74) is 0.477. The highest BCUT2D eigenvalue weighted by atomic mass is 35.5. The number of halogens is 1. The van der Waals surface area contributed by atoms with Crippen molar-refractivity contribution in [1.82, 2.24) is 24.2 Å². The van der Waals surface area contributed by atoms with E-state index in [-0.39, 0.29) is 5.91 Å². The maximum atomic E-state index is 12.5. The van der Waals surface area contributed by atoms with E-state index < -0.39 is 0 Å². The van der Waals surface area contributed by atoms with Crippen molar-refractivity contribution in [3.05, 3.63) is 35.6 Å². The third-order valence-corrected chi connectivity index (χ3v) is 4.30. The maximum absolute atomic E-state index is 12.5. The Morgan fingerprint density at radius 1 is 1.43 bits per heavy atom. The van der Waals surface area contributed by atoms with Crippen LogP contribution in [0.1, 0.15) is 23.3 Å². The highest BCUT2D eigenvalue weighted by molar-refractivity contribution is 6.33. The first-order chi connectivity index (χ1) is 10.1. The fourth-order valence-corrected chi connectivity index (χ4v) is 3.06. The van der Waals surface area contributed by atoms with Crippen LogP contribution in [0.5, 0.6) is 0 Å². The van der Waals surface area contributed by atoms with Gasteiger partial charge in [0.15, 0.2) is 0 Å². The second-order valence-corrected chi connectivity index (χ2v) is 5.87. The summed E-state index contributed by atoms with van der Waals surface area (Å²) in [6.45, 7) is 2.49. The fraction of sp³-hybridized carbons (Fsp3) is 0.500. The van der Waals surface area contributed by atoms with Crippen molar-refractivity contribution in [1.29, 1.82) is 0 Å². The summed E-state index contributed by atoms with van der Waals surface area (Å²) in [5.74, 6) is 0.561. The van der Waals surface area contributed by atoms with Crippen LogP contribution in [0.3, 0.4) is 0 Å². The smallest absolute Gasteiger partial charge is 0.273 e. The molecule has 0 radical (unpaired) electrons. The maximum Gasteiger partial charge on any atom is 0.273 e. The molecule has 0 aliphatic carbocycles. The molecule has 0 bridgehead atoms. The Kier molecular flexibility index (Phi) is 3.96. The molecule has 1 aliphatic heterocycles. The number of amides is 1. The Labute approximate surface area is 128 Å². The van der Waals surface area contributed by atoms with Gasteiger partial charge in [0, 0.05) is 39.1 Å². The van der Waals surface area contributed by atoms with Crippen LogP contribution in [0.2, 0.25) is 5.02 Å². The molecule has 0 aromatic carbocycles. The summed E-state index contributed by atoms with van der Waals surface area (Å²) >= 11 is 6.04. The predicted octanol–water partition coefficient (Wildman–Crippen LogP) is 1.82. The normalized spacial score (nSPS) is 16.4. The van der Waals surface area contributed by atoms with Crippen LogP contribution in [-0.2, 0) is 13.6 Å². The number of carbonyl (C=O) groups is 1. The quantitative estimate of drug-likeness (QED) is 0.869. The van der Waals surface area contributed by atoms with Crippen LogP contribution in [0, 0.1) is 5.92 Å². The zero-order chi connectivity index (χ0) is 14.8. The number of piperidine rings is 1. The molecule has 1 saturated heterocycles. The molecule has 1 aliphatic rings. The highest BCUT2D eigenvalue weighted by Gasteiger charge is 2.27. The average molecular weight is 308 g/mol. The average Bonchev–Trinajstić information content (AvgIpc) is 3.09. The molecule has 0 spiro atoms. The number of imidazole rings is 1. The number of hydrogen-bond acceptors (Lipinski definition) is 3. The second kappa shape index (κ2) is 5.89. The first-order valence-corrected chi connectivity index (χ1v) is 7.45. The van der Waals surface area contributed by atoms with Gasteiger partial charge in [0.2, 0.25) is 0 Å². The molecule has 2 aromatic heterocycles. The molecule has 21 heavy (non-hydrogen) atoms. The largest absolute Gasteiger partial charge is 0.337 e. The first kappa shape index (κ1) is 14.1. The van der Waals surface area contributed by atoms with Crippen LogP contribution >= 0.6 is 11.6 Å². The Bertz CT molecular complexity index is 594. The Hall–Kier alpha value is -1.82.